The molecule has 2 aromatic carbocycles. The fraction of sp³-hybridized carbons (Fsp3) is 0.360. The van der Waals surface area contributed by atoms with Crippen LogP contribution in [0.25, 0.3) is 10.1 Å². The van der Waals surface area contributed by atoms with Gasteiger partial charge in [-0.3, -0.25) is 20.1 Å². The van der Waals surface area contributed by atoms with Crippen molar-refractivity contribution < 1.29 is 19.9 Å². The number of rotatable bonds is 11. The molecule has 0 aliphatic heterocycles. The van der Waals surface area contributed by atoms with Crippen molar-refractivity contribution in [3.05, 3.63) is 70.1 Å². The summed E-state index contributed by atoms with van der Waals surface area (Å²) in [6, 6.07) is 15.4. The Morgan fingerprint density at radius 3 is 2.21 bits per heavy atom. The van der Waals surface area contributed by atoms with E-state index in [1.165, 1.54) is 11.3 Å². The second-order valence-electron chi connectivity index (χ2n) is 9.04. The number of hydrogen-bond donors (Lipinski definition) is 5. The van der Waals surface area contributed by atoms with Gasteiger partial charge in [0.05, 0.1) is 4.88 Å². The van der Waals surface area contributed by atoms with Gasteiger partial charge in [-0.15, -0.1) is 11.3 Å². The molecular formula is C25H31N3O4S2. The molecule has 1 amide bonds. The van der Waals surface area contributed by atoms with Gasteiger partial charge < -0.3 is 10.4 Å². The first-order chi connectivity index (χ1) is 16.1. The standard InChI is InChI=1S/C25H31N3O4S2/c1-25(2,3)33-15-20(24(30)31)27-14-17-6-4-16(5-7-17)12-26-13-18-8-9-19-11-22(23(29)28-32)34-21(19)10-18/h4-11,20,26-27,32H,12-15H2,1-3H3,(H,28,29)(H,30,31). The molecule has 9 heteroatoms. The van der Waals surface area contributed by atoms with Gasteiger partial charge in [0, 0.05) is 34.8 Å². The zero-order valence-electron chi connectivity index (χ0n) is 19.6. The Balaban J connectivity index is 1.48. The Bertz CT molecular complexity index is 1120. The third-order valence-corrected chi connectivity index (χ3v) is 7.59. The molecule has 1 atom stereocenters. The maximum atomic E-state index is 11.6. The molecule has 0 spiro atoms. The molecule has 0 saturated heterocycles. The largest absolute Gasteiger partial charge is 0.480 e. The highest BCUT2D eigenvalue weighted by molar-refractivity contribution is 8.00. The number of amides is 1. The first kappa shape index (κ1) is 26.2. The number of nitrogens with one attached hydrogen (secondary N) is 3. The first-order valence-electron chi connectivity index (χ1n) is 11.0. The quantitative estimate of drug-likeness (QED) is 0.196. The van der Waals surface area contributed by atoms with E-state index in [2.05, 4.69) is 31.4 Å². The predicted molar refractivity (Wildman–Crippen MR) is 139 cm³/mol. The molecular weight excluding hydrogens is 470 g/mol. The Morgan fingerprint density at radius 1 is 0.971 bits per heavy atom. The average molecular weight is 502 g/mol. The van der Waals surface area contributed by atoms with E-state index in [9.17, 15) is 14.7 Å². The fourth-order valence-electron chi connectivity index (χ4n) is 3.27. The highest BCUT2D eigenvalue weighted by atomic mass is 32.2. The third-order valence-electron chi connectivity index (χ3n) is 5.12. The van der Waals surface area contributed by atoms with Crippen LogP contribution in [-0.4, -0.2) is 38.7 Å². The minimum atomic E-state index is -0.828. The van der Waals surface area contributed by atoms with Gasteiger partial charge in [0.2, 0.25) is 0 Å². The van der Waals surface area contributed by atoms with Gasteiger partial charge in [0.1, 0.15) is 6.04 Å². The summed E-state index contributed by atoms with van der Waals surface area (Å²) in [5.41, 5.74) is 4.96. The van der Waals surface area contributed by atoms with Gasteiger partial charge >= 0.3 is 5.97 Å². The Labute approximate surface area is 207 Å². The van der Waals surface area contributed by atoms with Crippen LogP contribution in [0.15, 0.2) is 48.5 Å². The Morgan fingerprint density at radius 2 is 1.59 bits per heavy atom. The number of carboxylic acids is 1. The average Bonchev–Trinajstić information content (AvgIpc) is 3.22. The van der Waals surface area contributed by atoms with Crippen LogP contribution in [0.2, 0.25) is 0 Å². The number of carboxylic acid groups (broad SMARTS) is 1. The number of benzene rings is 2. The van der Waals surface area contributed by atoms with Crippen LogP contribution in [0, 0.1) is 0 Å². The number of carbonyl (C=O) groups is 2. The fourth-order valence-corrected chi connectivity index (χ4v) is 5.21. The summed E-state index contributed by atoms with van der Waals surface area (Å²) in [4.78, 5) is 23.6. The summed E-state index contributed by atoms with van der Waals surface area (Å²) in [5, 5.41) is 25.8. The topological polar surface area (TPSA) is 111 Å². The second-order valence-corrected chi connectivity index (χ2v) is 12.0. The predicted octanol–water partition coefficient (Wildman–Crippen LogP) is 4.38. The molecule has 5 N–H and O–H groups in total. The lowest BCUT2D eigenvalue weighted by atomic mass is 10.1. The zero-order valence-corrected chi connectivity index (χ0v) is 21.2. The first-order valence-corrected chi connectivity index (χ1v) is 12.8. The summed E-state index contributed by atoms with van der Waals surface area (Å²) in [6.45, 7) is 8.14. The summed E-state index contributed by atoms with van der Waals surface area (Å²) >= 11 is 2.98. The number of thiophene rings is 1. The smallest absolute Gasteiger partial charge is 0.321 e. The van der Waals surface area contributed by atoms with E-state index >= 15 is 0 Å². The van der Waals surface area contributed by atoms with Crippen LogP contribution >= 0.6 is 23.1 Å². The molecule has 182 valence electrons. The van der Waals surface area contributed by atoms with Gasteiger partial charge in [0.15, 0.2) is 0 Å². The van der Waals surface area contributed by atoms with E-state index in [0.717, 1.165) is 26.8 Å². The molecule has 1 aromatic heterocycles. The lowest BCUT2D eigenvalue weighted by Gasteiger charge is -2.21. The van der Waals surface area contributed by atoms with E-state index in [1.807, 2.05) is 42.5 Å². The van der Waals surface area contributed by atoms with Crippen LogP contribution in [-0.2, 0) is 24.4 Å². The van der Waals surface area contributed by atoms with Crippen molar-refractivity contribution in [3.63, 3.8) is 0 Å². The molecule has 0 radical (unpaired) electrons. The number of hydrogen-bond acceptors (Lipinski definition) is 7. The monoisotopic (exact) mass is 501 g/mol. The van der Waals surface area contributed by atoms with Gasteiger partial charge in [0.25, 0.3) is 5.91 Å². The van der Waals surface area contributed by atoms with Crippen molar-refractivity contribution in [2.24, 2.45) is 0 Å². The number of thioether (sulfide) groups is 1. The van der Waals surface area contributed by atoms with E-state index in [1.54, 1.807) is 23.3 Å². The molecule has 3 aromatic rings. The van der Waals surface area contributed by atoms with Gasteiger partial charge in [-0.1, -0.05) is 57.2 Å². The van der Waals surface area contributed by atoms with Crippen molar-refractivity contribution in [2.45, 2.75) is 51.2 Å². The molecule has 0 aliphatic carbocycles. The second kappa shape index (κ2) is 11.8. The lowest BCUT2D eigenvalue weighted by Crippen LogP contribution is -2.39. The van der Waals surface area contributed by atoms with Crippen LogP contribution in [0.4, 0.5) is 0 Å². The number of aliphatic carboxylic acids is 1. The normalized spacial score (nSPS) is 12.6. The van der Waals surface area contributed by atoms with Gasteiger partial charge in [-0.25, -0.2) is 5.48 Å². The maximum Gasteiger partial charge on any atom is 0.321 e. The molecule has 1 unspecified atom stereocenters. The summed E-state index contributed by atoms with van der Waals surface area (Å²) in [7, 11) is 0. The summed E-state index contributed by atoms with van der Waals surface area (Å²) in [6.07, 6.45) is 0. The van der Waals surface area contributed by atoms with E-state index in [4.69, 9.17) is 5.21 Å². The molecule has 1 heterocycles. The highest BCUT2D eigenvalue weighted by Gasteiger charge is 2.20. The third kappa shape index (κ3) is 7.82. The molecule has 0 bridgehead atoms. The molecule has 0 aliphatic rings. The zero-order chi connectivity index (χ0) is 24.7. The SMILES string of the molecule is CC(C)(C)SCC(NCc1ccc(CNCc2ccc3cc(C(=O)NO)sc3c2)cc1)C(=O)O. The van der Waals surface area contributed by atoms with Crippen molar-refractivity contribution in [1.29, 1.82) is 0 Å². The van der Waals surface area contributed by atoms with Crippen molar-refractivity contribution in [3.8, 4) is 0 Å². The van der Waals surface area contributed by atoms with E-state index in [0.29, 0.717) is 30.3 Å². The van der Waals surface area contributed by atoms with Crippen molar-refractivity contribution in [2.75, 3.05) is 5.75 Å². The maximum absolute atomic E-state index is 11.6. The van der Waals surface area contributed by atoms with Crippen LogP contribution in [0.5, 0.6) is 0 Å². The van der Waals surface area contributed by atoms with E-state index in [-0.39, 0.29) is 4.75 Å². The van der Waals surface area contributed by atoms with Gasteiger partial charge in [-0.2, -0.15) is 11.8 Å². The molecule has 34 heavy (non-hydrogen) atoms. The Kier molecular flexibility index (Phi) is 9.10. The summed E-state index contributed by atoms with van der Waals surface area (Å²) in [5.74, 6) is -0.804. The molecule has 3 rings (SSSR count). The van der Waals surface area contributed by atoms with Crippen molar-refractivity contribution >= 4 is 45.1 Å². The number of fused-ring (bicyclic) bond motifs is 1. The van der Waals surface area contributed by atoms with Crippen molar-refractivity contribution in [1.82, 2.24) is 16.1 Å². The van der Waals surface area contributed by atoms with Crippen LogP contribution < -0.4 is 16.1 Å². The minimum absolute atomic E-state index is 0.0267. The number of hydroxylamine groups is 1. The number of carbonyl (C=O) groups excluding carboxylic acids is 1. The molecule has 7 nitrogen and oxygen atoms in total. The highest BCUT2D eigenvalue weighted by Crippen LogP contribution is 2.27. The van der Waals surface area contributed by atoms with Gasteiger partial charge in [-0.05, 0) is 34.2 Å². The minimum Gasteiger partial charge on any atom is -0.480 e. The van der Waals surface area contributed by atoms with Crippen LogP contribution in [0.1, 0.15) is 47.1 Å². The van der Waals surface area contributed by atoms with Crippen LogP contribution in [0.3, 0.4) is 0 Å². The Hall–Kier alpha value is -2.43. The lowest BCUT2D eigenvalue weighted by molar-refractivity contribution is -0.138. The molecule has 0 saturated carbocycles. The summed E-state index contributed by atoms with van der Waals surface area (Å²) < 4.78 is 1.02. The molecule has 0 fully saturated rings. The van der Waals surface area contributed by atoms with E-state index < -0.39 is 17.9 Å².